The zero-order chi connectivity index (χ0) is 19.9. The van der Waals surface area contributed by atoms with Crippen LogP contribution >= 0.6 is 11.6 Å². The first-order valence-corrected chi connectivity index (χ1v) is 9.05. The SMILES string of the molecule is COc1cc(CNc2cccc(C(=O)O)c2)ccc1OCc1ccccc1Cl. The van der Waals surface area contributed by atoms with Crippen molar-refractivity contribution in [1.82, 2.24) is 0 Å². The van der Waals surface area contributed by atoms with E-state index < -0.39 is 5.97 Å². The number of hydrogen-bond donors (Lipinski definition) is 2. The summed E-state index contributed by atoms with van der Waals surface area (Å²) in [5.74, 6) is 0.287. The van der Waals surface area contributed by atoms with E-state index in [9.17, 15) is 4.79 Å². The third kappa shape index (κ3) is 4.96. The Bertz CT molecular complexity index is 974. The van der Waals surface area contributed by atoms with Crippen LogP contribution in [0.1, 0.15) is 21.5 Å². The third-order valence-electron chi connectivity index (χ3n) is 4.18. The second-order valence-electron chi connectivity index (χ2n) is 6.10. The van der Waals surface area contributed by atoms with Crippen LogP contribution in [0.3, 0.4) is 0 Å². The Hall–Kier alpha value is -3.18. The molecular formula is C22H20ClNO4. The van der Waals surface area contributed by atoms with Crippen molar-refractivity contribution >= 4 is 23.3 Å². The van der Waals surface area contributed by atoms with Gasteiger partial charge in [-0.05, 0) is 42.0 Å². The van der Waals surface area contributed by atoms with Crippen molar-refractivity contribution in [2.45, 2.75) is 13.2 Å². The van der Waals surface area contributed by atoms with E-state index in [1.165, 1.54) is 0 Å². The number of carboxylic acid groups (broad SMARTS) is 1. The molecule has 0 amide bonds. The molecule has 0 aromatic heterocycles. The minimum absolute atomic E-state index is 0.242. The molecule has 0 unspecified atom stereocenters. The molecule has 0 atom stereocenters. The first kappa shape index (κ1) is 19.6. The van der Waals surface area contributed by atoms with Gasteiger partial charge in [-0.1, -0.05) is 41.9 Å². The smallest absolute Gasteiger partial charge is 0.335 e. The molecule has 0 heterocycles. The lowest BCUT2D eigenvalue weighted by atomic mass is 10.1. The molecule has 6 heteroatoms. The topological polar surface area (TPSA) is 67.8 Å². The van der Waals surface area contributed by atoms with Gasteiger partial charge in [-0.25, -0.2) is 4.79 Å². The molecule has 0 spiro atoms. The number of nitrogens with one attached hydrogen (secondary N) is 1. The molecule has 144 valence electrons. The molecule has 0 aliphatic carbocycles. The Balaban J connectivity index is 1.66. The Morgan fingerprint density at radius 2 is 1.86 bits per heavy atom. The van der Waals surface area contributed by atoms with Crippen molar-refractivity contribution in [2.24, 2.45) is 0 Å². The second kappa shape index (κ2) is 9.15. The van der Waals surface area contributed by atoms with Crippen molar-refractivity contribution in [1.29, 1.82) is 0 Å². The van der Waals surface area contributed by atoms with Crippen LogP contribution < -0.4 is 14.8 Å². The average molecular weight is 398 g/mol. The lowest BCUT2D eigenvalue weighted by Gasteiger charge is -2.14. The summed E-state index contributed by atoms with van der Waals surface area (Å²) < 4.78 is 11.3. The molecule has 2 N–H and O–H groups in total. The van der Waals surface area contributed by atoms with Crippen LogP contribution in [0.4, 0.5) is 5.69 Å². The quantitative estimate of drug-likeness (QED) is 0.544. The molecule has 0 fully saturated rings. The zero-order valence-electron chi connectivity index (χ0n) is 15.3. The van der Waals surface area contributed by atoms with Gasteiger partial charge < -0.3 is 19.9 Å². The highest BCUT2D eigenvalue weighted by Gasteiger charge is 2.08. The summed E-state index contributed by atoms with van der Waals surface area (Å²) in [6.45, 7) is 0.861. The van der Waals surface area contributed by atoms with Gasteiger partial charge >= 0.3 is 5.97 Å². The van der Waals surface area contributed by atoms with E-state index in [0.717, 1.165) is 16.8 Å². The maximum atomic E-state index is 11.1. The fourth-order valence-corrected chi connectivity index (χ4v) is 2.87. The van der Waals surface area contributed by atoms with E-state index >= 15 is 0 Å². The number of ether oxygens (including phenoxy) is 2. The third-order valence-corrected chi connectivity index (χ3v) is 4.54. The molecule has 0 saturated carbocycles. The number of carbonyl (C=O) groups is 1. The van der Waals surface area contributed by atoms with Crippen LogP contribution in [0.15, 0.2) is 66.7 Å². The van der Waals surface area contributed by atoms with Gasteiger partial charge in [-0.15, -0.1) is 0 Å². The van der Waals surface area contributed by atoms with Crippen molar-refractivity contribution in [3.63, 3.8) is 0 Å². The van der Waals surface area contributed by atoms with Crippen molar-refractivity contribution < 1.29 is 19.4 Å². The van der Waals surface area contributed by atoms with E-state index in [0.29, 0.717) is 29.7 Å². The number of benzene rings is 3. The van der Waals surface area contributed by atoms with Gasteiger partial charge in [0.2, 0.25) is 0 Å². The highest BCUT2D eigenvalue weighted by atomic mass is 35.5. The van der Waals surface area contributed by atoms with E-state index in [4.69, 9.17) is 26.2 Å². The summed E-state index contributed by atoms with van der Waals surface area (Å²) in [6.07, 6.45) is 0. The Labute approximate surface area is 168 Å². The van der Waals surface area contributed by atoms with Gasteiger partial charge in [-0.3, -0.25) is 0 Å². The summed E-state index contributed by atoms with van der Waals surface area (Å²) in [6, 6.07) is 19.9. The molecule has 3 aromatic rings. The second-order valence-corrected chi connectivity index (χ2v) is 6.51. The van der Waals surface area contributed by atoms with Gasteiger partial charge in [0.05, 0.1) is 12.7 Å². The molecule has 3 rings (SSSR count). The average Bonchev–Trinajstić information content (AvgIpc) is 2.72. The fraction of sp³-hybridized carbons (Fsp3) is 0.136. The molecular weight excluding hydrogens is 378 g/mol. The largest absolute Gasteiger partial charge is 0.493 e. The predicted octanol–water partition coefficient (Wildman–Crippen LogP) is 5.24. The van der Waals surface area contributed by atoms with E-state index in [1.807, 2.05) is 48.5 Å². The highest BCUT2D eigenvalue weighted by Crippen LogP contribution is 2.30. The van der Waals surface area contributed by atoms with Gasteiger partial charge in [0.1, 0.15) is 6.61 Å². The van der Waals surface area contributed by atoms with Gasteiger partial charge in [0, 0.05) is 22.8 Å². The fourth-order valence-electron chi connectivity index (χ4n) is 2.68. The number of rotatable bonds is 8. The lowest BCUT2D eigenvalue weighted by Crippen LogP contribution is -2.03. The number of anilines is 1. The van der Waals surface area contributed by atoms with Crippen LogP contribution in [-0.4, -0.2) is 18.2 Å². The van der Waals surface area contributed by atoms with Crippen LogP contribution in [0.2, 0.25) is 5.02 Å². The molecule has 0 radical (unpaired) electrons. The highest BCUT2D eigenvalue weighted by molar-refractivity contribution is 6.31. The van der Waals surface area contributed by atoms with Crippen LogP contribution in [0.25, 0.3) is 0 Å². The minimum atomic E-state index is -0.953. The van der Waals surface area contributed by atoms with Crippen molar-refractivity contribution in [2.75, 3.05) is 12.4 Å². The predicted molar refractivity (Wildman–Crippen MR) is 110 cm³/mol. The first-order chi connectivity index (χ1) is 13.6. The zero-order valence-corrected chi connectivity index (χ0v) is 16.1. The number of halogens is 1. The minimum Gasteiger partial charge on any atom is -0.493 e. The summed E-state index contributed by atoms with van der Waals surface area (Å²) >= 11 is 6.16. The van der Waals surface area contributed by atoms with Crippen molar-refractivity contribution in [3.8, 4) is 11.5 Å². The summed E-state index contributed by atoms with van der Waals surface area (Å²) in [5.41, 5.74) is 2.85. The Morgan fingerprint density at radius 3 is 2.61 bits per heavy atom. The molecule has 0 aliphatic heterocycles. The Kier molecular flexibility index (Phi) is 6.40. The number of aromatic carboxylic acids is 1. The van der Waals surface area contributed by atoms with Gasteiger partial charge in [0.25, 0.3) is 0 Å². The molecule has 0 aliphatic rings. The number of hydrogen-bond acceptors (Lipinski definition) is 4. The van der Waals surface area contributed by atoms with E-state index in [1.54, 1.807) is 25.3 Å². The molecule has 0 bridgehead atoms. The summed E-state index contributed by atoms with van der Waals surface area (Å²) in [5, 5.41) is 13.0. The maximum Gasteiger partial charge on any atom is 0.335 e. The van der Waals surface area contributed by atoms with Crippen LogP contribution in [-0.2, 0) is 13.2 Å². The maximum absolute atomic E-state index is 11.1. The molecule has 0 saturated heterocycles. The standard InChI is InChI=1S/C22H20ClNO4/c1-27-21-11-15(13-24-18-7-4-6-16(12-18)22(25)26)9-10-20(21)28-14-17-5-2-3-8-19(17)23/h2-12,24H,13-14H2,1H3,(H,25,26). The number of methoxy groups -OCH3 is 1. The molecule has 5 nitrogen and oxygen atoms in total. The van der Waals surface area contributed by atoms with Crippen molar-refractivity contribution in [3.05, 3.63) is 88.4 Å². The van der Waals surface area contributed by atoms with E-state index in [-0.39, 0.29) is 5.56 Å². The number of carboxylic acids is 1. The van der Waals surface area contributed by atoms with Crippen LogP contribution in [0, 0.1) is 0 Å². The summed E-state index contributed by atoms with van der Waals surface area (Å²) in [7, 11) is 1.59. The molecule has 3 aromatic carbocycles. The summed E-state index contributed by atoms with van der Waals surface area (Å²) in [4.78, 5) is 11.1. The Morgan fingerprint density at radius 1 is 1.04 bits per heavy atom. The van der Waals surface area contributed by atoms with E-state index in [2.05, 4.69) is 5.32 Å². The normalized spacial score (nSPS) is 10.4. The van der Waals surface area contributed by atoms with Gasteiger partial charge in [-0.2, -0.15) is 0 Å². The lowest BCUT2D eigenvalue weighted by molar-refractivity contribution is 0.0697. The van der Waals surface area contributed by atoms with Gasteiger partial charge in [0.15, 0.2) is 11.5 Å². The first-order valence-electron chi connectivity index (χ1n) is 8.67. The monoisotopic (exact) mass is 397 g/mol. The van der Waals surface area contributed by atoms with Crippen LogP contribution in [0.5, 0.6) is 11.5 Å². The molecule has 28 heavy (non-hydrogen) atoms.